The molecule has 2 rings (SSSR count). The van der Waals surface area contributed by atoms with Crippen LogP contribution >= 0.6 is 0 Å². The molecule has 1 aromatic heterocycles. The number of fused-ring (bicyclic) bond motifs is 1. The van der Waals surface area contributed by atoms with Gasteiger partial charge in [0.25, 0.3) is 0 Å². The van der Waals surface area contributed by atoms with Crippen LogP contribution in [0, 0.1) is 10.8 Å². The molecule has 130 valence electrons. The average Bonchev–Trinajstić information content (AvgIpc) is 2.43. The van der Waals surface area contributed by atoms with E-state index in [0.717, 1.165) is 11.8 Å². The van der Waals surface area contributed by atoms with E-state index in [2.05, 4.69) is 39.6 Å². The Morgan fingerprint density at radius 2 is 1.83 bits per heavy atom. The van der Waals surface area contributed by atoms with Crippen molar-refractivity contribution in [3.8, 4) is 5.75 Å². The molecular formula is C21H29NO2. The van der Waals surface area contributed by atoms with Gasteiger partial charge in [0.15, 0.2) is 0 Å². The van der Waals surface area contributed by atoms with Crippen molar-refractivity contribution in [1.29, 1.82) is 0 Å². The first kappa shape index (κ1) is 18.5. The largest absolute Gasteiger partial charge is 0.505 e. The third-order valence-corrected chi connectivity index (χ3v) is 4.05. The van der Waals surface area contributed by atoms with Gasteiger partial charge in [0.2, 0.25) is 0 Å². The Labute approximate surface area is 145 Å². The predicted octanol–water partition coefficient (Wildman–Crippen LogP) is 5.17. The van der Waals surface area contributed by atoms with Crippen LogP contribution in [0.25, 0.3) is 17.0 Å². The maximum Gasteiger partial charge on any atom is 0.148 e. The van der Waals surface area contributed by atoms with Crippen molar-refractivity contribution in [1.82, 2.24) is 4.98 Å². The summed E-state index contributed by atoms with van der Waals surface area (Å²) in [7, 11) is 0. The fraction of sp³-hybridized carbons (Fsp3) is 0.476. The van der Waals surface area contributed by atoms with E-state index in [-0.39, 0.29) is 16.6 Å². The second-order valence-corrected chi connectivity index (χ2v) is 8.61. The smallest absolute Gasteiger partial charge is 0.148 e. The standard InChI is InChI=1S/C21H29NO2/c1-20(2,3)14-21(4,5)13-17(23)11-10-16-9-8-15-7-6-12-22-18(15)19(16)24/h6-12,17,23-24H,13-14H2,1-5H3/b11-10+. The summed E-state index contributed by atoms with van der Waals surface area (Å²) in [5.74, 6) is 0.158. The van der Waals surface area contributed by atoms with Crippen molar-refractivity contribution in [2.75, 3.05) is 0 Å². The highest BCUT2D eigenvalue weighted by molar-refractivity contribution is 5.87. The van der Waals surface area contributed by atoms with Gasteiger partial charge in [-0.05, 0) is 29.7 Å². The minimum Gasteiger partial charge on any atom is -0.505 e. The molecule has 1 unspecified atom stereocenters. The van der Waals surface area contributed by atoms with Crippen LogP contribution in [0.5, 0.6) is 5.75 Å². The summed E-state index contributed by atoms with van der Waals surface area (Å²) in [5, 5.41) is 21.6. The van der Waals surface area contributed by atoms with Crippen LogP contribution < -0.4 is 0 Å². The highest BCUT2D eigenvalue weighted by Gasteiger charge is 2.27. The monoisotopic (exact) mass is 327 g/mol. The van der Waals surface area contributed by atoms with E-state index in [1.54, 1.807) is 18.3 Å². The number of phenolic OH excluding ortho intramolecular Hbond substituents is 1. The average molecular weight is 327 g/mol. The highest BCUT2D eigenvalue weighted by Crippen LogP contribution is 2.37. The summed E-state index contributed by atoms with van der Waals surface area (Å²) in [6, 6.07) is 7.54. The van der Waals surface area contributed by atoms with E-state index in [4.69, 9.17) is 0 Å². The first-order chi connectivity index (χ1) is 11.1. The molecule has 1 aromatic carbocycles. The van der Waals surface area contributed by atoms with E-state index < -0.39 is 6.10 Å². The van der Waals surface area contributed by atoms with Gasteiger partial charge in [0.1, 0.15) is 11.3 Å². The molecule has 0 aliphatic carbocycles. The van der Waals surface area contributed by atoms with Crippen molar-refractivity contribution < 1.29 is 10.2 Å². The Balaban J connectivity index is 2.12. The Morgan fingerprint density at radius 1 is 1.12 bits per heavy atom. The van der Waals surface area contributed by atoms with Crippen LogP contribution in [0.4, 0.5) is 0 Å². The van der Waals surface area contributed by atoms with Crippen LogP contribution in [-0.2, 0) is 0 Å². The zero-order valence-corrected chi connectivity index (χ0v) is 15.4. The van der Waals surface area contributed by atoms with Crippen LogP contribution in [0.15, 0.2) is 36.5 Å². The second kappa shape index (κ2) is 6.94. The van der Waals surface area contributed by atoms with E-state index in [1.165, 1.54) is 0 Å². The van der Waals surface area contributed by atoms with Crippen LogP contribution in [0.1, 0.15) is 53.0 Å². The Bertz CT molecular complexity index is 726. The summed E-state index contributed by atoms with van der Waals surface area (Å²) < 4.78 is 0. The molecule has 3 nitrogen and oxygen atoms in total. The minimum atomic E-state index is -0.541. The summed E-state index contributed by atoms with van der Waals surface area (Å²) in [6.07, 6.45) is 6.39. The van der Waals surface area contributed by atoms with E-state index in [1.807, 2.05) is 24.3 Å². The lowest BCUT2D eigenvalue weighted by atomic mass is 9.73. The molecular weight excluding hydrogens is 298 g/mol. The van der Waals surface area contributed by atoms with Gasteiger partial charge in [0.05, 0.1) is 6.10 Å². The number of pyridine rings is 1. The molecule has 0 saturated carbocycles. The Kier molecular flexibility index (Phi) is 5.34. The number of rotatable bonds is 5. The number of aromatic nitrogens is 1. The second-order valence-electron chi connectivity index (χ2n) is 8.61. The molecule has 0 amide bonds. The van der Waals surface area contributed by atoms with Crippen LogP contribution in [0.3, 0.4) is 0 Å². The maximum absolute atomic E-state index is 10.4. The van der Waals surface area contributed by atoms with Gasteiger partial charge < -0.3 is 10.2 Å². The molecule has 0 spiro atoms. The fourth-order valence-electron chi connectivity index (χ4n) is 3.64. The minimum absolute atomic E-state index is 0.0506. The number of aliphatic hydroxyl groups excluding tert-OH is 1. The topological polar surface area (TPSA) is 53.4 Å². The maximum atomic E-state index is 10.4. The summed E-state index contributed by atoms with van der Waals surface area (Å²) >= 11 is 0. The van der Waals surface area contributed by atoms with Crippen molar-refractivity contribution in [2.45, 2.75) is 53.6 Å². The van der Waals surface area contributed by atoms with E-state index in [9.17, 15) is 10.2 Å². The number of nitrogens with zero attached hydrogens (tertiary/aromatic N) is 1. The molecule has 0 fully saturated rings. The molecule has 2 N–H and O–H groups in total. The first-order valence-corrected chi connectivity index (χ1v) is 8.50. The SMILES string of the molecule is CC(C)(C)CC(C)(C)CC(O)/C=C/c1ccc2cccnc2c1O. The van der Waals surface area contributed by atoms with Crippen LogP contribution in [0.2, 0.25) is 0 Å². The summed E-state index contributed by atoms with van der Waals surface area (Å²) in [5.41, 5.74) is 1.54. The van der Waals surface area contributed by atoms with Gasteiger partial charge in [-0.1, -0.05) is 65.0 Å². The summed E-state index contributed by atoms with van der Waals surface area (Å²) in [6.45, 7) is 11.0. The normalized spacial score (nSPS) is 14.4. The van der Waals surface area contributed by atoms with Gasteiger partial charge in [-0.3, -0.25) is 4.98 Å². The highest BCUT2D eigenvalue weighted by atomic mass is 16.3. The number of hydrogen-bond donors (Lipinski definition) is 2. The molecule has 24 heavy (non-hydrogen) atoms. The van der Waals surface area contributed by atoms with Gasteiger partial charge in [-0.25, -0.2) is 0 Å². The molecule has 0 aliphatic heterocycles. The molecule has 0 aliphatic rings. The van der Waals surface area contributed by atoms with Crippen molar-refractivity contribution >= 4 is 17.0 Å². The Hall–Kier alpha value is -1.87. The zero-order chi connectivity index (χ0) is 18.0. The molecule has 1 atom stereocenters. The Morgan fingerprint density at radius 3 is 2.50 bits per heavy atom. The van der Waals surface area contributed by atoms with Crippen molar-refractivity contribution in [3.05, 3.63) is 42.1 Å². The van der Waals surface area contributed by atoms with Crippen LogP contribution in [-0.4, -0.2) is 21.3 Å². The number of aliphatic hydroxyl groups is 1. The van der Waals surface area contributed by atoms with Gasteiger partial charge in [0, 0.05) is 17.1 Å². The number of phenols is 1. The van der Waals surface area contributed by atoms with Gasteiger partial charge in [-0.2, -0.15) is 0 Å². The molecule has 3 heteroatoms. The van der Waals surface area contributed by atoms with E-state index >= 15 is 0 Å². The number of aromatic hydroxyl groups is 1. The fourth-order valence-corrected chi connectivity index (χ4v) is 3.64. The zero-order valence-electron chi connectivity index (χ0n) is 15.4. The molecule has 0 bridgehead atoms. The molecule has 1 heterocycles. The molecule has 0 radical (unpaired) electrons. The van der Waals surface area contributed by atoms with E-state index in [0.29, 0.717) is 17.5 Å². The summed E-state index contributed by atoms with van der Waals surface area (Å²) in [4.78, 5) is 4.22. The predicted molar refractivity (Wildman–Crippen MR) is 101 cm³/mol. The molecule has 0 saturated heterocycles. The lowest BCUT2D eigenvalue weighted by molar-refractivity contribution is 0.118. The van der Waals surface area contributed by atoms with Crippen molar-refractivity contribution in [2.24, 2.45) is 10.8 Å². The van der Waals surface area contributed by atoms with Gasteiger partial charge in [-0.15, -0.1) is 0 Å². The third kappa shape index (κ3) is 5.07. The number of benzene rings is 1. The number of hydrogen-bond acceptors (Lipinski definition) is 3. The molecule has 2 aromatic rings. The lowest BCUT2D eigenvalue weighted by Crippen LogP contribution is -2.25. The first-order valence-electron chi connectivity index (χ1n) is 8.50. The van der Waals surface area contributed by atoms with Crippen molar-refractivity contribution in [3.63, 3.8) is 0 Å². The van der Waals surface area contributed by atoms with Gasteiger partial charge >= 0.3 is 0 Å². The lowest BCUT2D eigenvalue weighted by Gasteiger charge is -2.33. The third-order valence-electron chi connectivity index (χ3n) is 4.05. The quantitative estimate of drug-likeness (QED) is 0.797.